The van der Waals surface area contributed by atoms with Gasteiger partial charge < -0.3 is 4.98 Å². The SMILES string of the molecule is CSCCCNS(=O)(=O)c1ccc(=O)[nH]c1. The Kier molecular flexibility index (Phi) is 5.04. The quantitative estimate of drug-likeness (QED) is 0.728. The van der Waals surface area contributed by atoms with Gasteiger partial charge in [0.25, 0.3) is 0 Å². The standard InChI is InChI=1S/C9H14N2O3S2/c1-15-6-2-5-11-16(13,14)8-3-4-9(12)10-7-8/h3-4,7,11H,2,5-6H2,1H3,(H,10,12). The highest BCUT2D eigenvalue weighted by molar-refractivity contribution is 7.98. The van der Waals surface area contributed by atoms with E-state index in [1.54, 1.807) is 11.8 Å². The molecular formula is C9H14N2O3S2. The minimum atomic E-state index is -3.49. The van der Waals surface area contributed by atoms with Crippen LogP contribution in [0.1, 0.15) is 6.42 Å². The van der Waals surface area contributed by atoms with E-state index in [1.165, 1.54) is 18.3 Å². The van der Waals surface area contributed by atoms with E-state index in [-0.39, 0.29) is 10.5 Å². The molecule has 0 aliphatic carbocycles. The minimum absolute atomic E-state index is 0.0799. The molecule has 0 aromatic carbocycles. The molecule has 90 valence electrons. The predicted octanol–water partition coefficient (Wildman–Crippen LogP) is 0.406. The summed E-state index contributed by atoms with van der Waals surface area (Å²) in [5.41, 5.74) is -0.318. The molecule has 7 heteroatoms. The second-order valence-electron chi connectivity index (χ2n) is 3.13. The number of thioether (sulfide) groups is 1. The van der Waals surface area contributed by atoms with Crippen LogP contribution in [0.4, 0.5) is 0 Å². The van der Waals surface area contributed by atoms with Gasteiger partial charge in [0, 0.05) is 18.8 Å². The van der Waals surface area contributed by atoms with Gasteiger partial charge in [-0.05, 0) is 24.5 Å². The number of aromatic amines is 1. The maximum Gasteiger partial charge on any atom is 0.247 e. The van der Waals surface area contributed by atoms with Gasteiger partial charge in [0.05, 0.1) is 4.90 Å². The number of nitrogens with one attached hydrogen (secondary N) is 2. The molecule has 16 heavy (non-hydrogen) atoms. The number of aromatic nitrogens is 1. The van der Waals surface area contributed by atoms with Gasteiger partial charge in [0.15, 0.2) is 0 Å². The Labute approximate surface area is 98.7 Å². The zero-order valence-electron chi connectivity index (χ0n) is 8.89. The molecule has 1 aromatic rings. The van der Waals surface area contributed by atoms with E-state index in [1.807, 2.05) is 6.26 Å². The molecule has 0 saturated carbocycles. The fourth-order valence-corrected chi connectivity index (χ4v) is 2.54. The van der Waals surface area contributed by atoms with Gasteiger partial charge in [-0.1, -0.05) is 0 Å². The van der Waals surface area contributed by atoms with Gasteiger partial charge in [-0.25, -0.2) is 13.1 Å². The molecule has 0 radical (unpaired) electrons. The molecule has 0 aliphatic heterocycles. The average molecular weight is 262 g/mol. The van der Waals surface area contributed by atoms with Crippen LogP contribution in [0.25, 0.3) is 0 Å². The first-order valence-electron chi connectivity index (χ1n) is 4.73. The number of hydrogen-bond acceptors (Lipinski definition) is 4. The summed E-state index contributed by atoms with van der Waals surface area (Å²) in [5, 5.41) is 0. The van der Waals surface area contributed by atoms with E-state index in [9.17, 15) is 13.2 Å². The van der Waals surface area contributed by atoms with Crippen molar-refractivity contribution in [3.05, 3.63) is 28.7 Å². The van der Waals surface area contributed by atoms with Crippen molar-refractivity contribution in [3.8, 4) is 0 Å². The molecular weight excluding hydrogens is 248 g/mol. The molecule has 1 rings (SSSR count). The highest BCUT2D eigenvalue weighted by Crippen LogP contribution is 2.04. The van der Waals surface area contributed by atoms with Crippen LogP contribution in [-0.4, -0.2) is 32.0 Å². The number of hydrogen-bond donors (Lipinski definition) is 2. The lowest BCUT2D eigenvalue weighted by molar-refractivity contribution is 0.580. The van der Waals surface area contributed by atoms with Crippen molar-refractivity contribution in [1.82, 2.24) is 9.71 Å². The van der Waals surface area contributed by atoms with Gasteiger partial charge in [-0.2, -0.15) is 11.8 Å². The summed E-state index contributed by atoms with van der Waals surface area (Å²) in [6.45, 7) is 0.405. The first-order chi connectivity index (χ1) is 7.56. The van der Waals surface area contributed by atoms with Crippen molar-refractivity contribution in [3.63, 3.8) is 0 Å². The van der Waals surface area contributed by atoms with Crippen LogP contribution in [0.15, 0.2) is 28.0 Å². The van der Waals surface area contributed by atoms with Crippen LogP contribution < -0.4 is 10.3 Å². The van der Waals surface area contributed by atoms with E-state index >= 15 is 0 Å². The molecule has 0 atom stereocenters. The summed E-state index contributed by atoms with van der Waals surface area (Å²) in [7, 11) is -3.49. The van der Waals surface area contributed by atoms with Crippen molar-refractivity contribution >= 4 is 21.8 Å². The average Bonchev–Trinajstić information content (AvgIpc) is 2.25. The van der Waals surface area contributed by atoms with E-state index < -0.39 is 10.0 Å². The Morgan fingerprint density at radius 3 is 2.75 bits per heavy atom. The first kappa shape index (κ1) is 13.3. The maximum atomic E-state index is 11.7. The van der Waals surface area contributed by atoms with Crippen LogP contribution in [0.3, 0.4) is 0 Å². The van der Waals surface area contributed by atoms with Gasteiger partial charge in [-0.3, -0.25) is 4.79 Å². The summed E-state index contributed by atoms with van der Waals surface area (Å²) < 4.78 is 25.8. The van der Waals surface area contributed by atoms with Gasteiger partial charge >= 0.3 is 0 Å². The number of pyridine rings is 1. The summed E-state index contributed by atoms with van der Waals surface area (Å²) >= 11 is 1.67. The second kappa shape index (κ2) is 6.07. The topological polar surface area (TPSA) is 79.0 Å². The van der Waals surface area contributed by atoms with Crippen LogP contribution in [0.5, 0.6) is 0 Å². The lowest BCUT2D eigenvalue weighted by Gasteiger charge is -2.05. The maximum absolute atomic E-state index is 11.7. The van der Waals surface area contributed by atoms with Crippen LogP contribution in [-0.2, 0) is 10.0 Å². The molecule has 0 saturated heterocycles. The number of rotatable bonds is 6. The Balaban J connectivity index is 2.63. The largest absolute Gasteiger partial charge is 0.328 e. The molecule has 5 nitrogen and oxygen atoms in total. The normalized spacial score (nSPS) is 11.6. The third kappa shape index (κ3) is 3.99. The van der Waals surface area contributed by atoms with Gasteiger partial charge in [0.1, 0.15) is 0 Å². The molecule has 0 aliphatic rings. The van der Waals surface area contributed by atoms with Crippen molar-refractivity contribution in [2.45, 2.75) is 11.3 Å². The summed E-state index contributed by atoms with van der Waals surface area (Å²) in [4.78, 5) is 13.2. The third-order valence-electron chi connectivity index (χ3n) is 1.88. The van der Waals surface area contributed by atoms with Crippen molar-refractivity contribution in [1.29, 1.82) is 0 Å². The Bertz CT molecular complexity index is 461. The smallest absolute Gasteiger partial charge is 0.247 e. The predicted molar refractivity (Wildman–Crippen MR) is 65.3 cm³/mol. The monoisotopic (exact) mass is 262 g/mol. The van der Waals surface area contributed by atoms with Crippen LogP contribution >= 0.6 is 11.8 Å². The minimum Gasteiger partial charge on any atom is -0.328 e. The van der Waals surface area contributed by atoms with Crippen LogP contribution in [0.2, 0.25) is 0 Å². The number of H-pyrrole nitrogens is 1. The number of sulfonamides is 1. The molecule has 0 fully saturated rings. The highest BCUT2D eigenvalue weighted by atomic mass is 32.2. The molecule has 2 N–H and O–H groups in total. The van der Waals surface area contributed by atoms with Gasteiger partial charge in [0.2, 0.25) is 15.6 Å². The van der Waals surface area contributed by atoms with Crippen LogP contribution in [0, 0.1) is 0 Å². The summed E-state index contributed by atoms with van der Waals surface area (Å²) in [6, 6.07) is 2.48. The molecule has 1 heterocycles. The van der Waals surface area contributed by atoms with Crippen molar-refractivity contribution < 1.29 is 8.42 Å². The fourth-order valence-electron chi connectivity index (χ4n) is 1.07. The van der Waals surface area contributed by atoms with Gasteiger partial charge in [-0.15, -0.1) is 0 Å². The Morgan fingerprint density at radius 2 is 2.19 bits per heavy atom. The molecule has 0 spiro atoms. The third-order valence-corrected chi connectivity index (χ3v) is 4.04. The highest BCUT2D eigenvalue weighted by Gasteiger charge is 2.12. The van der Waals surface area contributed by atoms with E-state index in [0.717, 1.165) is 12.2 Å². The van der Waals surface area contributed by atoms with E-state index in [2.05, 4.69) is 9.71 Å². The molecule has 1 aromatic heterocycles. The summed E-state index contributed by atoms with van der Waals surface area (Å²) in [5.74, 6) is 0.911. The molecule has 0 amide bonds. The first-order valence-corrected chi connectivity index (χ1v) is 7.61. The lowest BCUT2D eigenvalue weighted by Crippen LogP contribution is -2.25. The van der Waals surface area contributed by atoms with Crippen molar-refractivity contribution in [2.24, 2.45) is 0 Å². The van der Waals surface area contributed by atoms with E-state index in [4.69, 9.17) is 0 Å². The molecule has 0 bridgehead atoms. The lowest BCUT2D eigenvalue weighted by atomic mass is 10.5. The Morgan fingerprint density at radius 1 is 1.44 bits per heavy atom. The second-order valence-corrected chi connectivity index (χ2v) is 5.89. The Hall–Kier alpha value is -0.790. The zero-order valence-corrected chi connectivity index (χ0v) is 10.5. The fraction of sp³-hybridized carbons (Fsp3) is 0.444. The van der Waals surface area contributed by atoms with Crippen molar-refractivity contribution in [2.75, 3.05) is 18.6 Å². The zero-order chi connectivity index (χ0) is 12.0. The molecule has 0 unspecified atom stereocenters. The van der Waals surface area contributed by atoms with E-state index in [0.29, 0.717) is 6.54 Å². The summed E-state index contributed by atoms with van der Waals surface area (Å²) in [6.07, 6.45) is 3.94.